The quantitative estimate of drug-likeness (QED) is 0.570. The van der Waals surface area contributed by atoms with E-state index in [1.807, 2.05) is 13.8 Å². The summed E-state index contributed by atoms with van der Waals surface area (Å²) in [4.78, 5) is 12.1. The molecule has 2 rings (SSSR count). The van der Waals surface area contributed by atoms with Crippen molar-refractivity contribution in [2.75, 3.05) is 6.61 Å². The normalized spacial score (nSPS) is 39.1. The number of epoxide rings is 1. The van der Waals surface area contributed by atoms with Crippen LogP contribution in [0.25, 0.3) is 0 Å². The molecule has 2 fully saturated rings. The van der Waals surface area contributed by atoms with Crippen LogP contribution in [0.1, 0.15) is 59.8 Å². The summed E-state index contributed by atoms with van der Waals surface area (Å²) in [6.45, 7) is 8.89. The van der Waals surface area contributed by atoms with Gasteiger partial charge >= 0.3 is 5.97 Å². The largest absolute Gasteiger partial charge is 0.464 e. The van der Waals surface area contributed by atoms with E-state index in [1.165, 1.54) is 12.8 Å². The van der Waals surface area contributed by atoms with Gasteiger partial charge in [-0.2, -0.15) is 0 Å². The minimum atomic E-state index is -0.620. The zero-order valence-corrected chi connectivity index (χ0v) is 12.1. The summed E-state index contributed by atoms with van der Waals surface area (Å²) in [5.74, 6) is 1.38. The van der Waals surface area contributed by atoms with Gasteiger partial charge in [0.1, 0.15) is 5.60 Å². The Morgan fingerprint density at radius 1 is 1.33 bits per heavy atom. The second kappa shape index (κ2) is 4.84. The molecule has 3 nitrogen and oxygen atoms in total. The number of esters is 1. The molecule has 0 aromatic rings. The van der Waals surface area contributed by atoms with E-state index in [9.17, 15) is 4.79 Å². The SMILES string of the molecule is CCOC(=O)C1(CC)OC12CCC(C(C)C)CC2. The molecule has 3 heteroatoms. The van der Waals surface area contributed by atoms with Crippen molar-refractivity contribution in [2.24, 2.45) is 11.8 Å². The number of rotatable bonds is 4. The molecular formula is C15H26O3. The highest BCUT2D eigenvalue weighted by molar-refractivity contribution is 5.85. The summed E-state index contributed by atoms with van der Waals surface area (Å²) in [6.07, 6.45) is 5.13. The van der Waals surface area contributed by atoms with Gasteiger partial charge in [0.2, 0.25) is 0 Å². The third-order valence-electron chi connectivity index (χ3n) is 4.95. The van der Waals surface area contributed by atoms with Crippen LogP contribution in [-0.2, 0) is 14.3 Å². The molecule has 1 spiro atoms. The Bertz CT molecular complexity index is 316. The minimum Gasteiger partial charge on any atom is -0.464 e. The van der Waals surface area contributed by atoms with E-state index in [0.29, 0.717) is 6.61 Å². The third kappa shape index (κ3) is 1.97. The van der Waals surface area contributed by atoms with Crippen molar-refractivity contribution >= 4 is 5.97 Å². The minimum absolute atomic E-state index is 0.143. The predicted molar refractivity (Wildman–Crippen MR) is 70.3 cm³/mol. The number of carbonyl (C=O) groups is 1. The van der Waals surface area contributed by atoms with Gasteiger partial charge in [0.15, 0.2) is 5.60 Å². The fourth-order valence-electron chi connectivity index (χ4n) is 3.60. The summed E-state index contributed by atoms with van der Waals surface area (Å²) in [5, 5.41) is 0. The van der Waals surface area contributed by atoms with Crippen LogP contribution in [-0.4, -0.2) is 23.8 Å². The molecular weight excluding hydrogens is 228 g/mol. The van der Waals surface area contributed by atoms with E-state index < -0.39 is 5.60 Å². The zero-order chi connectivity index (χ0) is 13.4. The van der Waals surface area contributed by atoms with Crippen molar-refractivity contribution in [1.82, 2.24) is 0 Å². The Balaban J connectivity index is 2.02. The molecule has 0 amide bonds. The maximum Gasteiger partial charge on any atom is 0.341 e. The summed E-state index contributed by atoms with van der Waals surface area (Å²) >= 11 is 0. The van der Waals surface area contributed by atoms with Crippen LogP contribution >= 0.6 is 0 Å². The van der Waals surface area contributed by atoms with Gasteiger partial charge in [-0.05, 0) is 50.9 Å². The fourth-order valence-corrected chi connectivity index (χ4v) is 3.60. The summed E-state index contributed by atoms with van der Waals surface area (Å²) in [5.41, 5.74) is -0.815. The molecule has 1 aliphatic heterocycles. The summed E-state index contributed by atoms with van der Waals surface area (Å²) < 4.78 is 11.1. The molecule has 1 saturated carbocycles. The topological polar surface area (TPSA) is 38.8 Å². The second-order valence-electron chi connectivity index (χ2n) is 6.08. The number of ether oxygens (including phenoxy) is 2. The molecule has 0 bridgehead atoms. The van der Waals surface area contributed by atoms with Crippen molar-refractivity contribution in [2.45, 2.75) is 71.0 Å². The van der Waals surface area contributed by atoms with Crippen LogP contribution in [0.2, 0.25) is 0 Å². The van der Waals surface area contributed by atoms with E-state index in [0.717, 1.165) is 31.1 Å². The average Bonchev–Trinajstić information content (AvgIpc) is 2.99. The number of hydrogen-bond acceptors (Lipinski definition) is 3. The van der Waals surface area contributed by atoms with Crippen LogP contribution in [0.3, 0.4) is 0 Å². The molecule has 1 atom stereocenters. The Labute approximate surface area is 110 Å². The van der Waals surface area contributed by atoms with Crippen molar-refractivity contribution in [3.05, 3.63) is 0 Å². The maximum atomic E-state index is 12.1. The van der Waals surface area contributed by atoms with Crippen LogP contribution in [0, 0.1) is 11.8 Å². The molecule has 2 aliphatic rings. The third-order valence-corrected chi connectivity index (χ3v) is 4.95. The first-order valence-electron chi connectivity index (χ1n) is 7.38. The van der Waals surface area contributed by atoms with Gasteiger partial charge in [-0.1, -0.05) is 20.8 Å². The van der Waals surface area contributed by atoms with E-state index in [2.05, 4.69) is 13.8 Å². The molecule has 0 aromatic carbocycles. The van der Waals surface area contributed by atoms with Gasteiger partial charge in [0.25, 0.3) is 0 Å². The molecule has 1 saturated heterocycles. The smallest absolute Gasteiger partial charge is 0.341 e. The van der Waals surface area contributed by atoms with Crippen molar-refractivity contribution in [3.63, 3.8) is 0 Å². The molecule has 0 radical (unpaired) electrons. The molecule has 1 unspecified atom stereocenters. The summed E-state index contributed by atoms with van der Waals surface area (Å²) in [6, 6.07) is 0. The van der Waals surface area contributed by atoms with E-state index in [1.54, 1.807) is 0 Å². The lowest BCUT2D eigenvalue weighted by atomic mass is 9.72. The van der Waals surface area contributed by atoms with Crippen LogP contribution < -0.4 is 0 Å². The van der Waals surface area contributed by atoms with Crippen molar-refractivity contribution < 1.29 is 14.3 Å². The molecule has 104 valence electrons. The van der Waals surface area contributed by atoms with Gasteiger partial charge in [0, 0.05) is 0 Å². The monoisotopic (exact) mass is 254 g/mol. The Hall–Kier alpha value is -0.570. The van der Waals surface area contributed by atoms with Gasteiger partial charge in [0.05, 0.1) is 6.61 Å². The first-order chi connectivity index (χ1) is 8.51. The molecule has 1 aliphatic carbocycles. The fraction of sp³-hybridized carbons (Fsp3) is 0.933. The van der Waals surface area contributed by atoms with Crippen molar-refractivity contribution in [1.29, 1.82) is 0 Å². The van der Waals surface area contributed by atoms with Crippen LogP contribution in [0.15, 0.2) is 0 Å². The Kier molecular flexibility index (Phi) is 3.72. The molecule has 0 aromatic heterocycles. The first kappa shape index (κ1) is 13.9. The summed E-state index contributed by atoms with van der Waals surface area (Å²) in [7, 11) is 0. The first-order valence-corrected chi connectivity index (χ1v) is 7.38. The van der Waals surface area contributed by atoms with E-state index in [4.69, 9.17) is 9.47 Å². The van der Waals surface area contributed by atoms with Gasteiger partial charge < -0.3 is 9.47 Å². The Morgan fingerprint density at radius 2 is 1.94 bits per heavy atom. The molecule has 18 heavy (non-hydrogen) atoms. The van der Waals surface area contributed by atoms with Gasteiger partial charge in [-0.3, -0.25) is 0 Å². The molecule has 0 N–H and O–H groups in total. The lowest BCUT2D eigenvalue weighted by Crippen LogP contribution is -2.38. The van der Waals surface area contributed by atoms with E-state index in [-0.39, 0.29) is 11.6 Å². The maximum absolute atomic E-state index is 12.1. The van der Waals surface area contributed by atoms with Crippen LogP contribution in [0.4, 0.5) is 0 Å². The average molecular weight is 254 g/mol. The lowest BCUT2D eigenvalue weighted by Gasteiger charge is -2.30. The highest BCUT2D eigenvalue weighted by Crippen LogP contribution is 2.60. The highest BCUT2D eigenvalue weighted by atomic mass is 16.7. The zero-order valence-electron chi connectivity index (χ0n) is 12.1. The van der Waals surface area contributed by atoms with Crippen molar-refractivity contribution in [3.8, 4) is 0 Å². The van der Waals surface area contributed by atoms with Gasteiger partial charge in [-0.25, -0.2) is 4.79 Å². The van der Waals surface area contributed by atoms with Crippen LogP contribution in [0.5, 0.6) is 0 Å². The standard InChI is InChI=1S/C15H26O3/c1-5-15(13(16)17-6-2)14(18-15)9-7-12(8-10-14)11(3)4/h11-12H,5-10H2,1-4H3. The predicted octanol–water partition coefficient (Wildman–Crippen LogP) is 3.31. The Morgan fingerprint density at radius 3 is 2.39 bits per heavy atom. The second-order valence-corrected chi connectivity index (χ2v) is 6.08. The number of carbonyl (C=O) groups excluding carboxylic acids is 1. The molecule has 1 heterocycles. The van der Waals surface area contributed by atoms with Gasteiger partial charge in [-0.15, -0.1) is 0 Å². The van der Waals surface area contributed by atoms with E-state index >= 15 is 0 Å². The number of hydrogen-bond donors (Lipinski definition) is 0. The lowest BCUT2D eigenvalue weighted by molar-refractivity contribution is -0.149. The highest BCUT2D eigenvalue weighted by Gasteiger charge is 2.74.